The Morgan fingerprint density at radius 1 is 0.939 bits per heavy atom. The van der Waals surface area contributed by atoms with E-state index in [2.05, 4.69) is 5.32 Å². The molecular formula is C26H30FN3O2S. The van der Waals surface area contributed by atoms with Crippen molar-refractivity contribution in [3.8, 4) is 0 Å². The lowest BCUT2D eigenvalue weighted by Crippen LogP contribution is -2.44. The standard InChI is InChI=1S/C26H30FN3O2S/c1-4-14-29(26(32)28-23-8-6-5-7-19(23)2)18-25(31)30(17-24-20(3)13-15-33-24)16-21-9-11-22(27)12-10-21/h5-13,15H,4,14,16-18H2,1-3H3,(H,28,32). The molecule has 7 heteroatoms. The van der Waals surface area contributed by atoms with E-state index in [0.29, 0.717) is 19.6 Å². The molecule has 0 atom stereocenters. The van der Waals surface area contributed by atoms with Crippen LogP contribution in [0.1, 0.15) is 34.9 Å². The van der Waals surface area contributed by atoms with Gasteiger partial charge in [0.25, 0.3) is 0 Å². The van der Waals surface area contributed by atoms with Crippen LogP contribution in [0.2, 0.25) is 0 Å². The number of para-hydroxylation sites is 1. The van der Waals surface area contributed by atoms with E-state index < -0.39 is 0 Å². The van der Waals surface area contributed by atoms with Gasteiger partial charge in [-0.3, -0.25) is 4.79 Å². The lowest BCUT2D eigenvalue weighted by atomic mass is 10.2. The number of anilines is 1. The summed E-state index contributed by atoms with van der Waals surface area (Å²) in [4.78, 5) is 30.8. The van der Waals surface area contributed by atoms with Gasteiger partial charge in [0.2, 0.25) is 5.91 Å². The van der Waals surface area contributed by atoms with Crippen molar-refractivity contribution in [3.63, 3.8) is 0 Å². The van der Waals surface area contributed by atoms with Crippen LogP contribution in [0, 0.1) is 19.7 Å². The first-order valence-electron chi connectivity index (χ1n) is 11.0. The Balaban J connectivity index is 1.77. The predicted octanol–water partition coefficient (Wildman–Crippen LogP) is 5.98. The third-order valence-electron chi connectivity index (χ3n) is 5.44. The number of nitrogens with zero attached hydrogens (tertiary/aromatic N) is 2. The first-order valence-corrected chi connectivity index (χ1v) is 11.9. The van der Waals surface area contributed by atoms with Crippen molar-refractivity contribution in [2.45, 2.75) is 40.3 Å². The molecule has 3 aromatic rings. The van der Waals surface area contributed by atoms with Crippen molar-refractivity contribution in [2.24, 2.45) is 0 Å². The third-order valence-corrected chi connectivity index (χ3v) is 6.44. The second-order valence-electron chi connectivity index (χ2n) is 8.07. The minimum atomic E-state index is -0.312. The highest BCUT2D eigenvalue weighted by molar-refractivity contribution is 7.10. The highest BCUT2D eigenvalue weighted by Gasteiger charge is 2.22. The monoisotopic (exact) mass is 467 g/mol. The fraction of sp³-hybridized carbons (Fsp3) is 0.308. The summed E-state index contributed by atoms with van der Waals surface area (Å²) in [5.74, 6) is -0.465. The van der Waals surface area contributed by atoms with Crippen LogP contribution >= 0.6 is 11.3 Å². The van der Waals surface area contributed by atoms with Crippen molar-refractivity contribution in [1.82, 2.24) is 9.80 Å². The van der Waals surface area contributed by atoms with Gasteiger partial charge in [0, 0.05) is 23.7 Å². The minimum absolute atomic E-state index is 0.0306. The summed E-state index contributed by atoms with van der Waals surface area (Å²) < 4.78 is 13.4. The van der Waals surface area contributed by atoms with Gasteiger partial charge in [-0.05, 0) is 66.6 Å². The zero-order valence-electron chi connectivity index (χ0n) is 19.3. The molecule has 0 aliphatic heterocycles. The molecule has 2 aromatic carbocycles. The van der Waals surface area contributed by atoms with Gasteiger partial charge in [0.15, 0.2) is 0 Å². The number of thiophene rings is 1. The molecule has 5 nitrogen and oxygen atoms in total. The number of hydrogen-bond acceptors (Lipinski definition) is 3. The molecule has 1 N–H and O–H groups in total. The Hall–Kier alpha value is -3.19. The van der Waals surface area contributed by atoms with Crippen LogP contribution in [0.4, 0.5) is 14.9 Å². The van der Waals surface area contributed by atoms with Crippen molar-refractivity contribution in [3.05, 3.63) is 87.4 Å². The Bertz CT molecular complexity index is 1080. The Kier molecular flexibility index (Phi) is 8.60. The zero-order chi connectivity index (χ0) is 23.8. The average Bonchev–Trinajstić information content (AvgIpc) is 3.20. The van der Waals surface area contributed by atoms with Crippen LogP contribution in [-0.4, -0.2) is 34.8 Å². The fourth-order valence-electron chi connectivity index (χ4n) is 3.47. The Morgan fingerprint density at radius 2 is 1.67 bits per heavy atom. The van der Waals surface area contributed by atoms with Crippen molar-refractivity contribution in [1.29, 1.82) is 0 Å². The molecule has 0 unspecified atom stereocenters. The van der Waals surface area contributed by atoms with E-state index in [-0.39, 0.29) is 24.3 Å². The van der Waals surface area contributed by atoms with Crippen LogP contribution in [0.3, 0.4) is 0 Å². The molecule has 0 saturated carbocycles. The summed E-state index contributed by atoms with van der Waals surface area (Å²) in [6, 6.07) is 15.5. The summed E-state index contributed by atoms with van der Waals surface area (Å²) in [6.07, 6.45) is 0.733. The molecule has 1 aromatic heterocycles. The van der Waals surface area contributed by atoms with E-state index >= 15 is 0 Å². The topological polar surface area (TPSA) is 52.7 Å². The molecule has 1 heterocycles. The lowest BCUT2D eigenvalue weighted by Gasteiger charge is -2.28. The fourth-order valence-corrected chi connectivity index (χ4v) is 4.40. The summed E-state index contributed by atoms with van der Waals surface area (Å²) in [5, 5.41) is 4.93. The highest BCUT2D eigenvalue weighted by atomic mass is 32.1. The smallest absolute Gasteiger partial charge is 0.322 e. The molecule has 3 amide bonds. The number of aryl methyl sites for hydroxylation is 2. The van der Waals surface area contributed by atoms with Crippen LogP contribution < -0.4 is 5.32 Å². The van der Waals surface area contributed by atoms with Gasteiger partial charge in [0.05, 0.1) is 6.54 Å². The lowest BCUT2D eigenvalue weighted by molar-refractivity contribution is -0.133. The summed E-state index contributed by atoms with van der Waals surface area (Å²) >= 11 is 1.60. The normalized spacial score (nSPS) is 10.7. The van der Waals surface area contributed by atoms with E-state index in [1.165, 1.54) is 12.1 Å². The second kappa shape index (κ2) is 11.6. The molecule has 0 saturated heterocycles. The molecule has 0 aliphatic carbocycles. The minimum Gasteiger partial charge on any atom is -0.332 e. The van der Waals surface area contributed by atoms with Gasteiger partial charge >= 0.3 is 6.03 Å². The van der Waals surface area contributed by atoms with E-state index in [1.54, 1.807) is 33.3 Å². The highest BCUT2D eigenvalue weighted by Crippen LogP contribution is 2.20. The van der Waals surface area contributed by atoms with E-state index in [9.17, 15) is 14.0 Å². The van der Waals surface area contributed by atoms with Crippen LogP contribution in [-0.2, 0) is 17.9 Å². The molecule has 0 aliphatic rings. The predicted molar refractivity (Wildman–Crippen MR) is 132 cm³/mol. The largest absolute Gasteiger partial charge is 0.332 e. The number of amides is 3. The molecule has 0 fully saturated rings. The number of carbonyl (C=O) groups is 2. The molecule has 0 bridgehead atoms. The van der Waals surface area contributed by atoms with Gasteiger partial charge in [-0.1, -0.05) is 37.3 Å². The van der Waals surface area contributed by atoms with Crippen molar-refractivity contribution < 1.29 is 14.0 Å². The van der Waals surface area contributed by atoms with Crippen molar-refractivity contribution >= 4 is 29.0 Å². The number of hydrogen-bond donors (Lipinski definition) is 1. The SMILES string of the molecule is CCCN(CC(=O)N(Cc1ccc(F)cc1)Cc1sccc1C)C(=O)Nc1ccccc1C. The van der Waals surface area contributed by atoms with Gasteiger partial charge in [0.1, 0.15) is 12.4 Å². The summed E-state index contributed by atoms with van der Waals surface area (Å²) in [5.41, 5.74) is 3.65. The van der Waals surface area contributed by atoms with E-state index in [4.69, 9.17) is 0 Å². The number of benzene rings is 2. The quantitative estimate of drug-likeness (QED) is 0.421. The second-order valence-corrected chi connectivity index (χ2v) is 9.07. The van der Waals surface area contributed by atoms with Gasteiger partial charge in [-0.15, -0.1) is 11.3 Å². The van der Waals surface area contributed by atoms with E-state index in [1.807, 2.05) is 56.5 Å². The van der Waals surface area contributed by atoms with Crippen LogP contribution in [0.25, 0.3) is 0 Å². The Labute approximate surface area is 198 Å². The number of halogens is 1. The maximum Gasteiger partial charge on any atom is 0.322 e. The Morgan fingerprint density at radius 3 is 2.30 bits per heavy atom. The summed E-state index contributed by atoms with van der Waals surface area (Å²) in [7, 11) is 0. The molecule has 33 heavy (non-hydrogen) atoms. The van der Waals surface area contributed by atoms with Crippen LogP contribution in [0.15, 0.2) is 60.0 Å². The van der Waals surface area contributed by atoms with Gasteiger partial charge in [-0.25, -0.2) is 9.18 Å². The third kappa shape index (κ3) is 6.89. The van der Waals surface area contributed by atoms with Crippen LogP contribution in [0.5, 0.6) is 0 Å². The molecule has 174 valence electrons. The average molecular weight is 468 g/mol. The number of rotatable bonds is 9. The van der Waals surface area contributed by atoms with E-state index in [0.717, 1.165) is 33.7 Å². The molecular weight excluding hydrogens is 437 g/mol. The molecule has 0 radical (unpaired) electrons. The number of urea groups is 1. The zero-order valence-corrected chi connectivity index (χ0v) is 20.1. The maximum atomic E-state index is 13.4. The maximum absolute atomic E-state index is 13.4. The molecule has 0 spiro atoms. The number of carbonyl (C=O) groups excluding carboxylic acids is 2. The number of nitrogens with one attached hydrogen (secondary N) is 1. The summed E-state index contributed by atoms with van der Waals surface area (Å²) in [6.45, 7) is 7.14. The first kappa shape index (κ1) is 24.5. The molecule has 3 rings (SSSR count). The van der Waals surface area contributed by atoms with Crippen molar-refractivity contribution in [2.75, 3.05) is 18.4 Å². The van der Waals surface area contributed by atoms with Gasteiger partial charge < -0.3 is 15.1 Å². The first-order chi connectivity index (χ1) is 15.9. The van der Waals surface area contributed by atoms with Gasteiger partial charge in [-0.2, -0.15) is 0 Å².